The van der Waals surface area contributed by atoms with Crippen LogP contribution in [0.3, 0.4) is 0 Å². The number of aromatic amines is 1. The Hall–Kier alpha value is -1.89. The van der Waals surface area contributed by atoms with Crippen LogP contribution in [-0.4, -0.2) is 21.2 Å². The van der Waals surface area contributed by atoms with E-state index in [0.717, 1.165) is 34.8 Å². The molecule has 1 atom stereocenters. The fraction of sp³-hybridized carbons (Fsp3) is 0.500. The zero-order valence-electron chi connectivity index (χ0n) is 12.1. The summed E-state index contributed by atoms with van der Waals surface area (Å²) in [4.78, 5) is 16.6. The fourth-order valence-corrected chi connectivity index (χ4v) is 3.19. The molecule has 2 heterocycles. The molecule has 0 bridgehead atoms. The van der Waals surface area contributed by atoms with Gasteiger partial charge in [0.1, 0.15) is 5.01 Å². The van der Waals surface area contributed by atoms with Crippen molar-refractivity contribution in [2.24, 2.45) is 5.92 Å². The average Bonchev–Trinajstić information content (AvgIpc) is 3.08. The molecular weight excluding hydrogens is 286 g/mol. The highest BCUT2D eigenvalue weighted by Gasteiger charge is 2.35. The van der Waals surface area contributed by atoms with E-state index in [4.69, 9.17) is 0 Å². The van der Waals surface area contributed by atoms with Crippen LogP contribution in [0.25, 0.3) is 0 Å². The van der Waals surface area contributed by atoms with Gasteiger partial charge in [0.15, 0.2) is 0 Å². The Balaban J connectivity index is 1.58. The maximum atomic E-state index is 12.1. The number of amides is 2. The van der Waals surface area contributed by atoms with Gasteiger partial charge in [0.2, 0.25) is 0 Å². The summed E-state index contributed by atoms with van der Waals surface area (Å²) in [6.45, 7) is 4.39. The van der Waals surface area contributed by atoms with Gasteiger partial charge in [-0.3, -0.25) is 5.10 Å². The summed E-state index contributed by atoms with van der Waals surface area (Å²) in [5, 5.41) is 15.8. The quantitative estimate of drug-likeness (QED) is 0.793. The second kappa shape index (κ2) is 5.85. The van der Waals surface area contributed by atoms with E-state index >= 15 is 0 Å². The number of hydrogen-bond donors (Lipinski definition) is 3. The van der Waals surface area contributed by atoms with Crippen LogP contribution in [0.5, 0.6) is 0 Å². The van der Waals surface area contributed by atoms with Gasteiger partial charge in [-0.25, -0.2) is 9.78 Å². The van der Waals surface area contributed by atoms with Crippen molar-refractivity contribution in [3.05, 3.63) is 33.5 Å². The number of hydrogen-bond acceptors (Lipinski definition) is 4. The Morgan fingerprint density at radius 3 is 2.90 bits per heavy atom. The van der Waals surface area contributed by atoms with Crippen molar-refractivity contribution in [1.82, 2.24) is 25.8 Å². The molecule has 3 rings (SSSR count). The molecule has 0 aliphatic heterocycles. The van der Waals surface area contributed by atoms with E-state index in [2.05, 4.69) is 25.8 Å². The SMILES string of the molecule is Cc1csc([C@H](NC(=O)NCc2cn[nH]c2C)C2CC2)n1. The molecule has 2 aromatic heterocycles. The Kier molecular flexibility index (Phi) is 3.92. The van der Waals surface area contributed by atoms with E-state index in [0.29, 0.717) is 12.5 Å². The maximum Gasteiger partial charge on any atom is 0.315 e. The number of nitrogens with one attached hydrogen (secondary N) is 3. The Morgan fingerprint density at radius 2 is 2.33 bits per heavy atom. The zero-order valence-corrected chi connectivity index (χ0v) is 13.0. The van der Waals surface area contributed by atoms with Crippen LogP contribution in [0.4, 0.5) is 4.79 Å². The molecule has 0 unspecified atom stereocenters. The van der Waals surface area contributed by atoms with Crippen LogP contribution in [0.1, 0.15) is 40.8 Å². The molecule has 1 aliphatic rings. The zero-order chi connectivity index (χ0) is 14.8. The molecule has 21 heavy (non-hydrogen) atoms. The van der Waals surface area contributed by atoms with Gasteiger partial charge >= 0.3 is 6.03 Å². The number of H-pyrrole nitrogens is 1. The summed E-state index contributed by atoms with van der Waals surface area (Å²) in [7, 11) is 0. The molecule has 6 nitrogen and oxygen atoms in total. The average molecular weight is 305 g/mol. The third-order valence-electron chi connectivity index (χ3n) is 3.66. The standard InChI is InChI=1S/C14H19N5OS/c1-8-7-21-13(17-8)12(10-3-4-10)18-14(20)15-5-11-6-16-19-9(11)2/h6-7,10,12H,3-5H2,1-2H3,(H,16,19)(H2,15,18,20)/t12-/m1/s1. The largest absolute Gasteiger partial charge is 0.334 e. The van der Waals surface area contributed by atoms with Gasteiger partial charge in [0, 0.05) is 28.9 Å². The summed E-state index contributed by atoms with van der Waals surface area (Å²) >= 11 is 1.62. The Morgan fingerprint density at radius 1 is 1.52 bits per heavy atom. The highest BCUT2D eigenvalue weighted by molar-refractivity contribution is 7.09. The smallest absolute Gasteiger partial charge is 0.315 e. The predicted molar refractivity (Wildman–Crippen MR) is 81.0 cm³/mol. The fourth-order valence-electron chi connectivity index (χ4n) is 2.25. The van der Waals surface area contributed by atoms with Gasteiger partial charge in [-0.05, 0) is 32.6 Å². The van der Waals surface area contributed by atoms with Gasteiger partial charge in [-0.2, -0.15) is 5.10 Å². The molecule has 0 radical (unpaired) electrons. The molecule has 7 heteroatoms. The minimum atomic E-state index is -0.152. The van der Waals surface area contributed by atoms with Gasteiger partial charge in [0.05, 0.1) is 12.2 Å². The lowest BCUT2D eigenvalue weighted by molar-refractivity contribution is 0.235. The number of carbonyl (C=O) groups excluding carboxylic acids is 1. The van der Waals surface area contributed by atoms with E-state index in [1.165, 1.54) is 0 Å². The maximum absolute atomic E-state index is 12.1. The van der Waals surface area contributed by atoms with Crippen molar-refractivity contribution < 1.29 is 4.79 Å². The molecule has 0 saturated heterocycles. The van der Waals surface area contributed by atoms with Crippen molar-refractivity contribution in [1.29, 1.82) is 0 Å². The molecular formula is C14H19N5OS. The van der Waals surface area contributed by atoms with E-state index in [1.807, 2.05) is 19.2 Å². The number of carbonyl (C=O) groups is 1. The lowest BCUT2D eigenvalue weighted by atomic mass is 10.2. The van der Waals surface area contributed by atoms with Gasteiger partial charge in [-0.15, -0.1) is 11.3 Å². The molecule has 0 spiro atoms. The summed E-state index contributed by atoms with van der Waals surface area (Å²) in [5.74, 6) is 0.525. The number of nitrogens with zero attached hydrogens (tertiary/aromatic N) is 2. The molecule has 3 N–H and O–H groups in total. The number of urea groups is 1. The molecule has 1 saturated carbocycles. The van der Waals surface area contributed by atoms with Crippen LogP contribution >= 0.6 is 11.3 Å². The third-order valence-corrected chi connectivity index (χ3v) is 4.70. The minimum Gasteiger partial charge on any atom is -0.334 e. The van der Waals surface area contributed by atoms with Crippen molar-refractivity contribution in [2.45, 2.75) is 39.3 Å². The highest BCUT2D eigenvalue weighted by Crippen LogP contribution is 2.41. The van der Waals surface area contributed by atoms with Crippen LogP contribution in [-0.2, 0) is 6.54 Å². The minimum absolute atomic E-state index is 0.0362. The molecule has 2 aromatic rings. The monoisotopic (exact) mass is 305 g/mol. The Bertz CT molecular complexity index is 631. The topological polar surface area (TPSA) is 82.7 Å². The highest BCUT2D eigenvalue weighted by atomic mass is 32.1. The lowest BCUT2D eigenvalue weighted by Crippen LogP contribution is -2.38. The molecule has 2 amide bonds. The van der Waals surface area contributed by atoms with Crippen LogP contribution in [0, 0.1) is 19.8 Å². The first-order valence-electron chi connectivity index (χ1n) is 7.08. The number of aryl methyl sites for hydroxylation is 2. The van der Waals surface area contributed by atoms with Crippen molar-refractivity contribution in [2.75, 3.05) is 0 Å². The summed E-state index contributed by atoms with van der Waals surface area (Å²) in [5.41, 5.74) is 2.99. The van der Waals surface area contributed by atoms with Crippen molar-refractivity contribution in [3.8, 4) is 0 Å². The summed E-state index contributed by atoms with van der Waals surface area (Å²) in [6.07, 6.45) is 4.05. The van der Waals surface area contributed by atoms with Crippen LogP contribution < -0.4 is 10.6 Å². The Labute approximate surface area is 127 Å². The number of rotatable bonds is 5. The van der Waals surface area contributed by atoms with Crippen molar-refractivity contribution in [3.63, 3.8) is 0 Å². The van der Waals surface area contributed by atoms with E-state index in [-0.39, 0.29) is 12.1 Å². The summed E-state index contributed by atoms with van der Waals surface area (Å²) < 4.78 is 0. The first-order chi connectivity index (χ1) is 10.1. The third kappa shape index (κ3) is 3.41. The first-order valence-corrected chi connectivity index (χ1v) is 7.96. The molecule has 112 valence electrons. The van der Waals surface area contributed by atoms with Gasteiger partial charge < -0.3 is 10.6 Å². The molecule has 0 aromatic carbocycles. The van der Waals surface area contributed by atoms with Gasteiger partial charge in [0.25, 0.3) is 0 Å². The summed E-state index contributed by atoms with van der Waals surface area (Å²) in [6, 6.07) is -0.116. The van der Waals surface area contributed by atoms with E-state index in [9.17, 15) is 4.79 Å². The number of thiazole rings is 1. The second-order valence-corrected chi connectivity index (χ2v) is 6.38. The number of aromatic nitrogens is 3. The first kappa shape index (κ1) is 14.1. The second-order valence-electron chi connectivity index (χ2n) is 5.49. The molecule has 1 fully saturated rings. The van der Waals surface area contributed by atoms with Crippen molar-refractivity contribution >= 4 is 17.4 Å². The van der Waals surface area contributed by atoms with E-state index < -0.39 is 0 Å². The predicted octanol–water partition coefficient (Wildman–Crippen LogP) is 2.43. The van der Waals surface area contributed by atoms with Crippen LogP contribution in [0.2, 0.25) is 0 Å². The normalized spacial score (nSPS) is 15.7. The lowest BCUT2D eigenvalue weighted by Gasteiger charge is -2.16. The van der Waals surface area contributed by atoms with Gasteiger partial charge in [-0.1, -0.05) is 0 Å². The van der Waals surface area contributed by atoms with E-state index in [1.54, 1.807) is 17.5 Å². The van der Waals surface area contributed by atoms with Crippen LogP contribution in [0.15, 0.2) is 11.6 Å². The molecule has 1 aliphatic carbocycles.